The Morgan fingerprint density at radius 3 is 2.70 bits per heavy atom. The molecule has 0 spiro atoms. The number of fused-ring (bicyclic) bond motifs is 1. The fourth-order valence-corrected chi connectivity index (χ4v) is 4.32. The summed E-state index contributed by atoms with van der Waals surface area (Å²) in [5, 5.41) is 9.42. The molecule has 1 amide bonds. The van der Waals surface area contributed by atoms with Gasteiger partial charge in [-0.15, -0.1) is 0 Å². The molecule has 0 saturated heterocycles. The summed E-state index contributed by atoms with van der Waals surface area (Å²) >= 11 is 2.47. The van der Waals surface area contributed by atoms with Crippen LogP contribution in [0.15, 0.2) is 63.5 Å². The third-order valence-electron chi connectivity index (χ3n) is 4.33. The zero-order valence-electron chi connectivity index (χ0n) is 16.1. The molecule has 2 aliphatic rings. The van der Waals surface area contributed by atoms with Gasteiger partial charge in [0.05, 0.1) is 23.1 Å². The van der Waals surface area contributed by atoms with Crippen LogP contribution in [0.25, 0.3) is 6.08 Å². The van der Waals surface area contributed by atoms with Gasteiger partial charge in [0.25, 0.3) is 5.91 Å². The van der Waals surface area contributed by atoms with E-state index in [1.165, 1.54) is 11.8 Å². The molecule has 150 valence electrons. The van der Waals surface area contributed by atoms with E-state index in [0.717, 1.165) is 17.5 Å². The molecule has 0 aliphatic carbocycles. The smallest absolute Gasteiger partial charge is 0.343 e. The highest BCUT2D eigenvalue weighted by Crippen LogP contribution is 2.31. The first-order valence-corrected chi connectivity index (χ1v) is 10.9. The van der Waals surface area contributed by atoms with Crippen molar-refractivity contribution in [2.75, 3.05) is 6.26 Å². The maximum absolute atomic E-state index is 12.4. The molecule has 1 N–H and O–H groups in total. The molecule has 2 aliphatic heterocycles. The van der Waals surface area contributed by atoms with E-state index in [4.69, 9.17) is 10.1 Å². The quantitative estimate of drug-likeness (QED) is 0.336. The second-order valence-electron chi connectivity index (χ2n) is 6.44. The summed E-state index contributed by atoms with van der Waals surface area (Å²) in [6.07, 6.45) is 3.45. The fraction of sp³-hybridized carbons (Fsp3) is 0.0952. The molecule has 2 aromatic carbocycles. The second-order valence-corrected chi connectivity index (χ2v) is 7.94. The first-order chi connectivity index (χ1) is 14.5. The number of hydrogen-bond donors (Lipinski definition) is 1. The van der Waals surface area contributed by atoms with E-state index in [2.05, 4.69) is 9.39 Å². The number of amides is 1. The van der Waals surface area contributed by atoms with Crippen LogP contribution in [0, 0.1) is 12.3 Å². The van der Waals surface area contributed by atoms with Gasteiger partial charge >= 0.3 is 5.97 Å². The maximum Gasteiger partial charge on any atom is 0.343 e. The molecule has 0 aromatic heterocycles. The monoisotopic (exact) mass is 436 g/mol. The molecule has 0 atom stereocenters. The van der Waals surface area contributed by atoms with Crippen LogP contribution in [0.4, 0.5) is 0 Å². The summed E-state index contributed by atoms with van der Waals surface area (Å²) in [6, 6.07) is 13.9. The summed E-state index contributed by atoms with van der Waals surface area (Å²) in [4.78, 5) is 30.2. The van der Waals surface area contributed by atoms with E-state index in [-0.39, 0.29) is 11.4 Å². The number of esters is 1. The summed E-state index contributed by atoms with van der Waals surface area (Å²) in [5.74, 6) is -0.489. The average molecular weight is 437 g/mol. The van der Waals surface area contributed by atoms with E-state index in [9.17, 15) is 9.59 Å². The minimum Gasteiger partial charge on any atom is -0.423 e. The van der Waals surface area contributed by atoms with E-state index < -0.39 is 11.9 Å². The molecule has 0 bridgehead atoms. The van der Waals surface area contributed by atoms with Crippen LogP contribution in [-0.2, 0) is 4.79 Å². The van der Waals surface area contributed by atoms with Crippen molar-refractivity contribution in [3.8, 4) is 5.75 Å². The average Bonchev–Trinajstić information content (AvgIpc) is 3.15. The van der Waals surface area contributed by atoms with Crippen LogP contribution in [0.1, 0.15) is 21.5 Å². The maximum atomic E-state index is 12.4. The van der Waals surface area contributed by atoms with E-state index in [1.54, 1.807) is 53.4 Å². The van der Waals surface area contributed by atoms with Gasteiger partial charge in [-0.2, -0.15) is 9.39 Å². The summed E-state index contributed by atoms with van der Waals surface area (Å²) in [6.45, 7) is 1.91. The second kappa shape index (κ2) is 8.29. The molecule has 0 fully saturated rings. The van der Waals surface area contributed by atoms with Gasteiger partial charge in [0.15, 0.2) is 5.17 Å². The number of nitrogens with zero attached hydrogens (tertiary/aromatic N) is 3. The van der Waals surface area contributed by atoms with Crippen LogP contribution in [0.3, 0.4) is 0 Å². The van der Waals surface area contributed by atoms with Gasteiger partial charge in [0, 0.05) is 0 Å². The normalized spacial score (nSPS) is 17.0. The lowest BCUT2D eigenvalue weighted by atomic mass is 10.1. The Hall–Kier alpha value is -3.17. The van der Waals surface area contributed by atoms with Crippen molar-refractivity contribution in [2.24, 2.45) is 9.39 Å². The Balaban J connectivity index is 1.52. The standard InChI is InChI=1S/C21H16N4O3S2/c1-12-4-3-5-14(10-12)19(27)28-15-8-6-13(7-9-15)11-16-17(22)25-20(23-18(16)26)30-24-21(25)29-2/h3-11,22H,1-2H3/b16-11-,22-17?. The van der Waals surface area contributed by atoms with Gasteiger partial charge < -0.3 is 4.74 Å². The minimum absolute atomic E-state index is 0.0399. The molecule has 2 heterocycles. The first-order valence-electron chi connectivity index (χ1n) is 8.88. The summed E-state index contributed by atoms with van der Waals surface area (Å²) < 4.78 is 9.63. The van der Waals surface area contributed by atoms with Crippen LogP contribution in [0.2, 0.25) is 0 Å². The number of benzene rings is 2. The topological polar surface area (TPSA) is 95.2 Å². The highest BCUT2D eigenvalue weighted by atomic mass is 32.2. The van der Waals surface area contributed by atoms with Crippen molar-refractivity contribution < 1.29 is 14.3 Å². The van der Waals surface area contributed by atoms with Crippen LogP contribution in [0.5, 0.6) is 5.75 Å². The van der Waals surface area contributed by atoms with Crippen molar-refractivity contribution in [1.29, 1.82) is 5.41 Å². The van der Waals surface area contributed by atoms with E-state index in [1.807, 2.05) is 19.2 Å². The van der Waals surface area contributed by atoms with Gasteiger partial charge in [-0.25, -0.2) is 9.69 Å². The minimum atomic E-state index is -0.480. The number of carbonyl (C=O) groups excluding carboxylic acids is 2. The lowest BCUT2D eigenvalue weighted by Gasteiger charge is -2.23. The van der Waals surface area contributed by atoms with Gasteiger partial charge in [-0.1, -0.05) is 41.6 Å². The zero-order valence-corrected chi connectivity index (χ0v) is 17.7. The molecule has 9 heteroatoms. The highest BCUT2D eigenvalue weighted by Gasteiger charge is 2.36. The predicted octanol–water partition coefficient (Wildman–Crippen LogP) is 4.15. The molecule has 7 nitrogen and oxygen atoms in total. The lowest BCUT2D eigenvalue weighted by Crippen LogP contribution is -2.41. The van der Waals surface area contributed by atoms with Crippen molar-refractivity contribution >= 4 is 57.8 Å². The Bertz CT molecular complexity index is 1150. The van der Waals surface area contributed by atoms with Crippen molar-refractivity contribution in [3.05, 3.63) is 70.8 Å². The van der Waals surface area contributed by atoms with E-state index >= 15 is 0 Å². The van der Waals surface area contributed by atoms with Crippen molar-refractivity contribution in [3.63, 3.8) is 0 Å². The fourth-order valence-electron chi connectivity index (χ4n) is 2.87. The molecule has 0 saturated carbocycles. The SMILES string of the molecule is CSC1=NSC2=NC(=O)/C(=C\c3ccc(OC(=O)c4cccc(C)c4)cc3)C(=N)N12. The van der Waals surface area contributed by atoms with Gasteiger partial charge in [-0.3, -0.25) is 10.2 Å². The highest BCUT2D eigenvalue weighted by molar-refractivity contribution is 8.18. The number of thioether (sulfide) groups is 1. The molecule has 0 radical (unpaired) electrons. The van der Waals surface area contributed by atoms with Crippen molar-refractivity contribution in [1.82, 2.24) is 4.90 Å². The summed E-state index contributed by atoms with van der Waals surface area (Å²) in [7, 11) is 0. The number of ether oxygens (including phenoxy) is 1. The third-order valence-corrected chi connectivity index (χ3v) is 5.79. The van der Waals surface area contributed by atoms with Crippen LogP contribution < -0.4 is 4.74 Å². The molecular weight excluding hydrogens is 420 g/mol. The number of aliphatic imine (C=N–C) groups is 1. The van der Waals surface area contributed by atoms with Gasteiger partial charge in [0.2, 0.25) is 5.17 Å². The number of amidine groups is 3. The van der Waals surface area contributed by atoms with Crippen molar-refractivity contribution in [2.45, 2.75) is 6.92 Å². The van der Waals surface area contributed by atoms with E-state index in [0.29, 0.717) is 27.2 Å². The summed E-state index contributed by atoms with van der Waals surface area (Å²) in [5.41, 5.74) is 2.31. The Kier molecular flexibility index (Phi) is 5.56. The lowest BCUT2D eigenvalue weighted by molar-refractivity contribution is -0.114. The van der Waals surface area contributed by atoms with Crippen LogP contribution in [-0.4, -0.2) is 39.2 Å². The molecule has 0 unspecified atom stereocenters. The van der Waals surface area contributed by atoms with Crippen LogP contribution >= 0.6 is 23.7 Å². The number of rotatable bonds is 3. The molecule has 4 rings (SSSR count). The zero-order chi connectivity index (χ0) is 21.3. The Morgan fingerprint density at radius 1 is 1.23 bits per heavy atom. The van der Waals surface area contributed by atoms with Gasteiger partial charge in [-0.05, 0) is 49.1 Å². The first kappa shape index (κ1) is 20.1. The predicted molar refractivity (Wildman–Crippen MR) is 121 cm³/mol. The molecule has 30 heavy (non-hydrogen) atoms. The number of aryl methyl sites for hydroxylation is 1. The number of carbonyl (C=O) groups is 2. The molecular formula is C21H16N4O3S2. The number of hydrogen-bond acceptors (Lipinski definition) is 7. The molecule has 2 aromatic rings. The number of nitrogens with one attached hydrogen (secondary N) is 1. The van der Waals surface area contributed by atoms with Gasteiger partial charge in [0.1, 0.15) is 11.6 Å². The Labute approximate surface area is 181 Å². The largest absolute Gasteiger partial charge is 0.423 e. The Morgan fingerprint density at radius 2 is 2.00 bits per heavy atom. The third kappa shape index (κ3) is 3.94.